The molecular formula is C13H13ClFNS. The summed E-state index contributed by atoms with van der Waals surface area (Å²) < 4.78 is 14.0. The Hall–Kier alpha value is -1.06. The Morgan fingerprint density at radius 1 is 1.29 bits per heavy atom. The van der Waals surface area contributed by atoms with Crippen LogP contribution in [-0.4, -0.2) is 0 Å². The molecule has 17 heavy (non-hydrogen) atoms. The molecule has 4 heteroatoms. The Morgan fingerprint density at radius 3 is 2.65 bits per heavy atom. The molecule has 2 aromatic rings. The van der Waals surface area contributed by atoms with Crippen molar-refractivity contribution in [3.05, 3.63) is 50.9 Å². The minimum absolute atomic E-state index is 0.119. The smallest absolute Gasteiger partial charge is 0.125 e. The maximum absolute atomic E-state index is 13.2. The fourth-order valence-electron chi connectivity index (χ4n) is 1.70. The molecule has 1 nitrogen and oxygen atoms in total. The lowest BCUT2D eigenvalue weighted by atomic mass is 10.2. The highest BCUT2D eigenvalue weighted by atomic mass is 35.5. The van der Waals surface area contributed by atoms with Crippen molar-refractivity contribution < 1.29 is 4.39 Å². The van der Waals surface area contributed by atoms with Gasteiger partial charge in [0.15, 0.2) is 0 Å². The van der Waals surface area contributed by atoms with Crippen LogP contribution in [0.15, 0.2) is 30.3 Å². The summed E-state index contributed by atoms with van der Waals surface area (Å²) in [5, 5.41) is 3.26. The van der Waals surface area contributed by atoms with E-state index in [-0.39, 0.29) is 11.9 Å². The van der Waals surface area contributed by atoms with E-state index in [4.69, 9.17) is 11.6 Å². The van der Waals surface area contributed by atoms with Gasteiger partial charge in [-0.25, -0.2) is 4.39 Å². The second-order valence-corrected chi connectivity index (χ2v) is 5.77. The summed E-state index contributed by atoms with van der Waals surface area (Å²) in [4.78, 5) is 1.14. The van der Waals surface area contributed by atoms with Crippen LogP contribution in [0.5, 0.6) is 0 Å². The Bertz CT molecular complexity index is 504. The number of benzene rings is 1. The SMILES string of the molecule is Cc1cc(F)cc(NC(C)c2ccc(Cl)s2)c1. The number of aryl methyl sites for hydroxylation is 1. The van der Waals surface area contributed by atoms with Gasteiger partial charge in [-0.15, -0.1) is 11.3 Å². The molecule has 1 aromatic carbocycles. The summed E-state index contributed by atoms with van der Waals surface area (Å²) in [6.07, 6.45) is 0. The van der Waals surface area contributed by atoms with Crippen molar-refractivity contribution in [3.63, 3.8) is 0 Å². The van der Waals surface area contributed by atoms with Crippen LogP contribution in [0.1, 0.15) is 23.4 Å². The van der Waals surface area contributed by atoms with Crippen LogP contribution >= 0.6 is 22.9 Å². The van der Waals surface area contributed by atoms with Gasteiger partial charge in [0.1, 0.15) is 5.82 Å². The van der Waals surface area contributed by atoms with E-state index in [1.54, 1.807) is 0 Å². The Balaban J connectivity index is 2.15. The fraction of sp³-hybridized carbons (Fsp3) is 0.231. The fourth-order valence-corrected chi connectivity index (χ4v) is 2.77. The molecule has 1 N–H and O–H groups in total. The second-order valence-electron chi connectivity index (χ2n) is 4.03. The third kappa shape index (κ3) is 3.20. The van der Waals surface area contributed by atoms with Gasteiger partial charge in [-0.1, -0.05) is 11.6 Å². The predicted octanol–water partition coefficient (Wildman–Crippen LogP) is 5.02. The van der Waals surface area contributed by atoms with Crippen LogP contribution in [0, 0.1) is 12.7 Å². The molecule has 1 aromatic heterocycles. The maximum Gasteiger partial charge on any atom is 0.125 e. The topological polar surface area (TPSA) is 12.0 Å². The zero-order chi connectivity index (χ0) is 12.4. The standard InChI is InChI=1S/C13H13ClFNS/c1-8-5-10(15)7-11(6-8)16-9(2)12-3-4-13(14)17-12/h3-7,9,16H,1-2H3. The molecule has 0 aliphatic rings. The number of thiophene rings is 1. The van der Waals surface area contributed by atoms with Gasteiger partial charge in [-0.05, 0) is 49.7 Å². The minimum Gasteiger partial charge on any atom is -0.378 e. The van der Waals surface area contributed by atoms with Crippen molar-refractivity contribution in [3.8, 4) is 0 Å². The van der Waals surface area contributed by atoms with Gasteiger partial charge in [0.05, 0.1) is 10.4 Å². The van der Waals surface area contributed by atoms with Crippen LogP contribution in [0.2, 0.25) is 4.34 Å². The third-order valence-electron chi connectivity index (χ3n) is 2.45. The van der Waals surface area contributed by atoms with Crippen molar-refractivity contribution in [1.29, 1.82) is 0 Å². The van der Waals surface area contributed by atoms with E-state index in [2.05, 4.69) is 5.32 Å². The number of rotatable bonds is 3. The van der Waals surface area contributed by atoms with Gasteiger partial charge >= 0.3 is 0 Å². The Kier molecular flexibility index (Phi) is 3.69. The zero-order valence-corrected chi connectivity index (χ0v) is 11.2. The van der Waals surface area contributed by atoms with Crippen molar-refractivity contribution in [2.75, 3.05) is 5.32 Å². The Labute approximate surface area is 109 Å². The van der Waals surface area contributed by atoms with Crippen molar-refractivity contribution in [1.82, 2.24) is 0 Å². The molecule has 1 atom stereocenters. The van der Waals surface area contributed by atoms with Crippen LogP contribution < -0.4 is 5.32 Å². The van der Waals surface area contributed by atoms with Crippen molar-refractivity contribution >= 4 is 28.6 Å². The van der Waals surface area contributed by atoms with E-state index >= 15 is 0 Å². The first-order chi connectivity index (χ1) is 8.04. The number of hydrogen-bond donors (Lipinski definition) is 1. The monoisotopic (exact) mass is 269 g/mol. The van der Waals surface area contributed by atoms with E-state index in [1.807, 2.05) is 32.0 Å². The largest absolute Gasteiger partial charge is 0.378 e. The minimum atomic E-state index is -0.219. The molecule has 1 heterocycles. The Morgan fingerprint density at radius 2 is 2.06 bits per heavy atom. The van der Waals surface area contributed by atoms with E-state index in [0.29, 0.717) is 0 Å². The molecule has 90 valence electrons. The van der Waals surface area contributed by atoms with Crippen LogP contribution in [0.25, 0.3) is 0 Å². The highest BCUT2D eigenvalue weighted by Gasteiger charge is 2.08. The first-order valence-electron chi connectivity index (χ1n) is 5.33. The van der Waals surface area contributed by atoms with Gasteiger partial charge in [0, 0.05) is 10.6 Å². The third-order valence-corrected chi connectivity index (χ3v) is 3.86. The molecule has 2 rings (SSSR count). The van der Waals surface area contributed by atoms with Gasteiger partial charge < -0.3 is 5.32 Å². The molecule has 0 saturated heterocycles. The average molecular weight is 270 g/mol. The molecule has 0 bridgehead atoms. The van der Waals surface area contributed by atoms with Crippen molar-refractivity contribution in [2.24, 2.45) is 0 Å². The first kappa shape index (κ1) is 12.4. The van der Waals surface area contributed by atoms with Crippen molar-refractivity contribution in [2.45, 2.75) is 19.9 Å². The summed E-state index contributed by atoms with van der Waals surface area (Å²) in [7, 11) is 0. The normalized spacial score (nSPS) is 12.5. The quantitative estimate of drug-likeness (QED) is 0.825. The highest BCUT2D eigenvalue weighted by Crippen LogP contribution is 2.29. The summed E-state index contributed by atoms with van der Waals surface area (Å²) in [6, 6.07) is 8.91. The molecule has 0 amide bonds. The average Bonchev–Trinajstić information content (AvgIpc) is 2.63. The molecule has 0 radical (unpaired) electrons. The molecule has 0 aliphatic carbocycles. The predicted molar refractivity (Wildman–Crippen MR) is 72.5 cm³/mol. The van der Waals surface area contributed by atoms with Gasteiger partial charge in [0.25, 0.3) is 0 Å². The molecule has 0 aliphatic heterocycles. The van der Waals surface area contributed by atoms with E-state index in [9.17, 15) is 4.39 Å². The van der Waals surface area contributed by atoms with E-state index in [0.717, 1.165) is 20.5 Å². The van der Waals surface area contributed by atoms with Crippen LogP contribution in [0.3, 0.4) is 0 Å². The summed E-state index contributed by atoms with van der Waals surface area (Å²) in [5.41, 5.74) is 1.70. The summed E-state index contributed by atoms with van der Waals surface area (Å²) in [5.74, 6) is -0.219. The second kappa shape index (κ2) is 5.07. The summed E-state index contributed by atoms with van der Waals surface area (Å²) >= 11 is 7.42. The number of halogens is 2. The molecular weight excluding hydrogens is 257 g/mol. The number of hydrogen-bond acceptors (Lipinski definition) is 2. The van der Waals surface area contributed by atoms with E-state index in [1.165, 1.54) is 23.5 Å². The summed E-state index contributed by atoms with van der Waals surface area (Å²) in [6.45, 7) is 3.91. The lowest BCUT2D eigenvalue weighted by molar-refractivity contribution is 0.626. The van der Waals surface area contributed by atoms with Crippen LogP contribution in [0.4, 0.5) is 10.1 Å². The lowest BCUT2D eigenvalue weighted by Gasteiger charge is -2.14. The van der Waals surface area contributed by atoms with E-state index < -0.39 is 0 Å². The lowest BCUT2D eigenvalue weighted by Crippen LogP contribution is -2.05. The maximum atomic E-state index is 13.2. The first-order valence-corrected chi connectivity index (χ1v) is 6.53. The van der Waals surface area contributed by atoms with Crippen LogP contribution in [-0.2, 0) is 0 Å². The number of nitrogens with one attached hydrogen (secondary N) is 1. The molecule has 0 fully saturated rings. The zero-order valence-electron chi connectivity index (χ0n) is 9.63. The van der Waals surface area contributed by atoms with Gasteiger partial charge in [-0.2, -0.15) is 0 Å². The molecule has 0 spiro atoms. The van der Waals surface area contributed by atoms with Gasteiger partial charge in [-0.3, -0.25) is 0 Å². The molecule has 1 unspecified atom stereocenters. The van der Waals surface area contributed by atoms with Gasteiger partial charge in [0.2, 0.25) is 0 Å². The molecule has 0 saturated carbocycles. The number of anilines is 1. The highest BCUT2D eigenvalue weighted by molar-refractivity contribution is 7.16.